The fraction of sp³-hybridized carbons (Fsp3) is 0.263. The molecule has 0 fully saturated rings. The van der Waals surface area contributed by atoms with Crippen LogP contribution in [0.25, 0.3) is 0 Å². The van der Waals surface area contributed by atoms with Crippen molar-refractivity contribution in [1.29, 1.82) is 0 Å². The minimum absolute atomic E-state index is 0.0338. The zero-order chi connectivity index (χ0) is 17.6. The highest BCUT2D eigenvalue weighted by molar-refractivity contribution is 5.95. The molecule has 1 heterocycles. The minimum atomic E-state index is -0.175. The average Bonchev–Trinajstić information content (AvgIpc) is 2.64. The second-order valence-corrected chi connectivity index (χ2v) is 5.76. The Hall–Kier alpha value is -3.02. The van der Waals surface area contributed by atoms with Crippen molar-refractivity contribution in [3.63, 3.8) is 0 Å². The molecule has 3 rings (SSSR count). The summed E-state index contributed by atoms with van der Waals surface area (Å²) >= 11 is 0. The van der Waals surface area contributed by atoms with Gasteiger partial charge in [0.05, 0.1) is 12.8 Å². The molecule has 0 saturated heterocycles. The number of carbonyl (C=O) groups excluding carboxylic acids is 2. The topological polar surface area (TPSA) is 76.7 Å². The molecule has 2 amide bonds. The van der Waals surface area contributed by atoms with Gasteiger partial charge in [-0.15, -0.1) is 0 Å². The Labute approximate surface area is 146 Å². The zero-order valence-electron chi connectivity index (χ0n) is 14.0. The predicted octanol–water partition coefficient (Wildman–Crippen LogP) is 2.28. The van der Waals surface area contributed by atoms with Crippen LogP contribution in [-0.2, 0) is 22.6 Å². The largest absolute Gasteiger partial charge is 0.496 e. The minimum Gasteiger partial charge on any atom is -0.496 e. The van der Waals surface area contributed by atoms with E-state index >= 15 is 0 Å². The highest BCUT2D eigenvalue weighted by atomic mass is 16.5. The Morgan fingerprint density at radius 1 is 1.28 bits per heavy atom. The van der Waals surface area contributed by atoms with Gasteiger partial charge in [-0.3, -0.25) is 9.59 Å². The van der Waals surface area contributed by atoms with Gasteiger partial charge < -0.3 is 20.1 Å². The first kappa shape index (κ1) is 16.8. The summed E-state index contributed by atoms with van der Waals surface area (Å²) in [4.78, 5) is 23.4. The lowest BCUT2D eigenvalue weighted by Gasteiger charge is -2.18. The van der Waals surface area contributed by atoms with E-state index in [0.717, 1.165) is 16.9 Å². The van der Waals surface area contributed by atoms with Gasteiger partial charge >= 0.3 is 0 Å². The number of methoxy groups -OCH3 is 1. The van der Waals surface area contributed by atoms with Crippen molar-refractivity contribution in [3.8, 4) is 11.5 Å². The summed E-state index contributed by atoms with van der Waals surface area (Å²) in [7, 11) is 1.62. The number of benzene rings is 2. The molecular formula is C19H20N2O4. The van der Waals surface area contributed by atoms with Crippen LogP contribution in [-0.4, -0.2) is 25.5 Å². The van der Waals surface area contributed by atoms with Crippen molar-refractivity contribution in [2.45, 2.75) is 19.4 Å². The molecule has 2 aromatic rings. The lowest BCUT2D eigenvalue weighted by atomic mass is 10.1. The van der Waals surface area contributed by atoms with Gasteiger partial charge in [0.2, 0.25) is 5.91 Å². The van der Waals surface area contributed by atoms with E-state index in [1.807, 2.05) is 36.4 Å². The quantitative estimate of drug-likeness (QED) is 0.846. The van der Waals surface area contributed by atoms with E-state index in [-0.39, 0.29) is 18.4 Å². The molecule has 1 aliphatic heterocycles. The number of nitrogens with one attached hydrogen (secondary N) is 2. The van der Waals surface area contributed by atoms with E-state index in [1.165, 1.54) is 0 Å². The van der Waals surface area contributed by atoms with Crippen LogP contribution < -0.4 is 20.1 Å². The SMILES string of the molecule is COc1ccccc1CCC(=O)NCc1ccc2c(c1)NC(=O)CO2. The summed E-state index contributed by atoms with van der Waals surface area (Å²) in [6.07, 6.45) is 0.995. The summed E-state index contributed by atoms with van der Waals surface area (Å²) in [6, 6.07) is 13.2. The summed E-state index contributed by atoms with van der Waals surface area (Å²) in [5, 5.41) is 5.65. The van der Waals surface area contributed by atoms with Crippen LogP contribution in [0.1, 0.15) is 17.5 Å². The van der Waals surface area contributed by atoms with Gasteiger partial charge in [-0.1, -0.05) is 24.3 Å². The third-order valence-electron chi connectivity index (χ3n) is 3.98. The van der Waals surface area contributed by atoms with Crippen molar-refractivity contribution in [2.75, 3.05) is 19.0 Å². The van der Waals surface area contributed by atoms with Gasteiger partial charge in [0.25, 0.3) is 5.91 Å². The molecule has 0 atom stereocenters. The highest BCUT2D eigenvalue weighted by Gasteiger charge is 2.16. The maximum absolute atomic E-state index is 12.1. The Kier molecular flexibility index (Phi) is 5.18. The number of hydrogen-bond donors (Lipinski definition) is 2. The number of amides is 2. The first-order valence-corrected chi connectivity index (χ1v) is 8.10. The van der Waals surface area contributed by atoms with Crippen LogP contribution in [0.3, 0.4) is 0 Å². The Morgan fingerprint density at radius 2 is 2.12 bits per heavy atom. The Balaban J connectivity index is 1.52. The van der Waals surface area contributed by atoms with Crippen LogP contribution in [0.15, 0.2) is 42.5 Å². The molecule has 2 aromatic carbocycles. The standard InChI is InChI=1S/C19H20N2O4/c1-24-16-5-3-2-4-14(16)7-9-18(22)20-11-13-6-8-17-15(10-13)21-19(23)12-25-17/h2-6,8,10H,7,9,11-12H2,1H3,(H,20,22)(H,21,23). The molecule has 0 aromatic heterocycles. The normalized spacial score (nSPS) is 12.6. The van der Waals surface area contributed by atoms with Crippen molar-refractivity contribution in [1.82, 2.24) is 5.32 Å². The van der Waals surface area contributed by atoms with E-state index in [1.54, 1.807) is 13.2 Å². The van der Waals surface area contributed by atoms with Gasteiger partial charge in [-0.25, -0.2) is 0 Å². The number of ether oxygens (including phenoxy) is 2. The van der Waals surface area contributed by atoms with Crippen molar-refractivity contribution in [3.05, 3.63) is 53.6 Å². The molecule has 6 heteroatoms. The maximum Gasteiger partial charge on any atom is 0.262 e. The molecule has 6 nitrogen and oxygen atoms in total. The summed E-state index contributed by atoms with van der Waals surface area (Å²) in [6.45, 7) is 0.430. The fourth-order valence-electron chi connectivity index (χ4n) is 2.69. The first-order chi connectivity index (χ1) is 12.2. The van der Waals surface area contributed by atoms with Crippen LogP contribution in [0.4, 0.5) is 5.69 Å². The fourth-order valence-corrected chi connectivity index (χ4v) is 2.69. The number of hydrogen-bond acceptors (Lipinski definition) is 4. The van der Waals surface area contributed by atoms with Gasteiger partial charge in [0.1, 0.15) is 11.5 Å². The smallest absolute Gasteiger partial charge is 0.262 e. The number of aryl methyl sites for hydroxylation is 1. The second kappa shape index (κ2) is 7.70. The van der Waals surface area contributed by atoms with Crippen LogP contribution in [0.5, 0.6) is 11.5 Å². The molecule has 0 bridgehead atoms. The van der Waals surface area contributed by atoms with E-state index in [2.05, 4.69) is 10.6 Å². The lowest BCUT2D eigenvalue weighted by Crippen LogP contribution is -2.26. The monoisotopic (exact) mass is 340 g/mol. The molecule has 25 heavy (non-hydrogen) atoms. The third kappa shape index (κ3) is 4.29. The summed E-state index contributed by atoms with van der Waals surface area (Å²) in [5.41, 5.74) is 2.54. The Bertz CT molecular complexity index is 789. The van der Waals surface area contributed by atoms with Gasteiger partial charge in [-0.2, -0.15) is 0 Å². The highest BCUT2D eigenvalue weighted by Crippen LogP contribution is 2.28. The van der Waals surface area contributed by atoms with Crippen molar-refractivity contribution >= 4 is 17.5 Å². The molecule has 0 saturated carbocycles. The van der Waals surface area contributed by atoms with Crippen LogP contribution >= 0.6 is 0 Å². The number of fused-ring (bicyclic) bond motifs is 1. The van der Waals surface area contributed by atoms with Crippen molar-refractivity contribution in [2.24, 2.45) is 0 Å². The summed E-state index contributed by atoms with van der Waals surface area (Å²) < 4.78 is 10.6. The van der Waals surface area contributed by atoms with Crippen molar-refractivity contribution < 1.29 is 19.1 Å². The van der Waals surface area contributed by atoms with E-state index < -0.39 is 0 Å². The number of para-hydroxylation sites is 1. The molecule has 0 unspecified atom stereocenters. The van der Waals surface area contributed by atoms with Crippen LogP contribution in [0, 0.1) is 0 Å². The number of rotatable bonds is 6. The molecule has 0 aliphatic carbocycles. The zero-order valence-corrected chi connectivity index (χ0v) is 14.0. The lowest BCUT2D eigenvalue weighted by molar-refractivity contribution is -0.121. The van der Waals surface area contributed by atoms with Gasteiger partial charge in [0, 0.05) is 13.0 Å². The predicted molar refractivity (Wildman–Crippen MR) is 93.7 cm³/mol. The average molecular weight is 340 g/mol. The molecule has 1 aliphatic rings. The number of anilines is 1. The third-order valence-corrected chi connectivity index (χ3v) is 3.98. The number of carbonyl (C=O) groups is 2. The van der Waals surface area contributed by atoms with E-state index in [0.29, 0.717) is 30.8 Å². The molecule has 2 N–H and O–H groups in total. The van der Waals surface area contributed by atoms with Gasteiger partial charge in [-0.05, 0) is 35.7 Å². The van der Waals surface area contributed by atoms with E-state index in [4.69, 9.17) is 9.47 Å². The molecule has 0 radical (unpaired) electrons. The van der Waals surface area contributed by atoms with Crippen LogP contribution in [0.2, 0.25) is 0 Å². The second-order valence-electron chi connectivity index (χ2n) is 5.76. The molecular weight excluding hydrogens is 320 g/mol. The molecule has 0 spiro atoms. The van der Waals surface area contributed by atoms with E-state index in [9.17, 15) is 9.59 Å². The van der Waals surface area contributed by atoms with Gasteiger partial charge in [0.15, 0.2) is 6.61 Å². The Morgan fingerprint density at radius 3 is 2.96 bits per heavy atom. The first-order valence-electron chi connectivity index (χ1n) is 8.10. The molecule has 130 valence electrons. The maximum atomic E-state index is 12.1. The summed E-state index contributed by atoms with van der Waals surface area (Å²) in [5.74, 6) is 1.22.